The van der Waals surface area contributed by atoms with Crippen molar-refractivity contribution in [3.63, 3.8) is 0 Å². The van der Waals surface area contributed by atoms with Crippen molar-refractivity contribution in [2.75, 3.05) is 11.9 Å². The zero-order chi connectivity index (χ0) is 15.3. The molecular formula is C17H27ClN2O2. The summed E-state index contributed by atoms with van der Waals surface area (Å²) in [4.78, 5) is 12.5. The van der Waals surface area contributed by atoms with Crippen LogP contribution in [0.4, 0.5) is 5.69 Å². The SMILES string of the molecule is CCC1(C(=O)Nc2cccc(COC(C)C)c2)CCCN1.Cl. The molecule has 1 unspecified atom stereocenters. The van der Waals surface area contributed by atoms with Crippen molar-refractivity contribution >= 4 is 24.0 Å². The van der Waals surface area contributed by atoms with Gasteiger partial charge in [0.25, 0.3) is 0 Å². The van der Waals surface area contributed by atoms with E-state index in [-0.39, 0.29) is 24.4 Å². The highest BCUT2D eigenvalue weighted by atomic mass is 35.5. The molecule has 124 valence electrons. The molecule has 1 atom stereocenters. The van der Waals surface area contributed by atoms with Gasteiger partial charge in [0.2, 0.25) is 5.91 Å². The third-order valence-corrected chi connectivity index (χ3v) is 4.05. The van der Waals surface area contributed by atoms with Crippen LogP contribution in [0.2, 0.25) is 0 Å². The molecule has 1 fully saturated rings. The molecule has 22 heavy (non-hydrogen) atoms. The van der Waals surface area contributed by atoms with E-state index in [9.17, 15) is 4.79 Å². The van der Waals surface area contributed by atoms with E-state index in [2.05, 4.69) is 17.6 Å². The number of hydrogen-bond acceptors (Lipinski definition) is 3. The molecule has 1 aliphatic heterocycles. The van der Waals surface area contributed by atoms with E-state index in [1.54, 1.807) is 0 Å². The molecule has 0 radical (unpaired) electrons. The lowest BCUT2D eigenvalue weighted by Crippen LogP contribution is -2.50. The molecule has 1 aromatic rings. The number of anilines is 1. The average Bonchev–Trinajstić information content (AvgIpc) is 2.96. The molecular weight excluding hydrogens is 300 g/mol. The van der Waals surface area contributed by atoms with Crippen LogP contribution in [-0.2, 0) is 16.1 Å². The first-order chi connectivity index (χ1) is 10.1. The van der Waals surface area contributed by atoms with Crippen LogP contribution in [-0.4, -0.2) is 24.1 Å². The smallest absolute Gasteiger partial charge is 0.244 e. The van der Waals surface area contributed by atoms with E-state index in [0.717, 1.165) is 37.1 Å². The third kappa shape index (κ3) is 4.70. The van der Waals surface area contributed by atoms with Crippen LogP contribution in [0, 0.1) is 0 Å². The number of hydrogen-bond donors (Lipinski definition) is 2. The number of carbonyl (C=O) groups is 1. The van der Waals surface area contributed by atoms with Crippen LogP contribution in [0.3, 0.4) is 0 Å². The lowest BCUT2D eigenvalue weighted by atomic mass is 9.93. The summed E-state index contributed by atoms with van der Waals surface area (Å²) in [6.45, 7) is 7.58. The summed E-state index contributed by atoms with van der Waals surface area (Å²) in [5, 5.41) is 6.40. The van der Waals surface area contributed by atoms with Gasteiger partial charge in [-0.2, -0.15) is 0 Å². The summed E-state index contributed by atoms with van der Waals surface area (Å²) in [7, 11) is 0. The van der Waals surface area contributed by atoms with Gasteiger partial charge in [-0.3, -0.25) is 4.79 Å². The monoisotopic (exact) mass is 326 g/mol. The number of amides is 1. The number of ether oxygens (including phenoxy) is 1. The Hall–Kier alpha value is -1.10. The standard InChI is InChI=1S/C17H26N2O2.ClH/c1-4-17(9-6-10-18-17)16(20)19-15-8-5-7-14(11-15)12-21-13(2)3;/h5,7-8,11,13,18H,4,6,9-10,12H2,1-3H3,(H,19,20);1H. The Labute approximate surface area is 139 Å². The zero-order valence-electron chi connectivity index (χ0n) is 13.6. The highest BCUT2D eigenvalue weighted by Gasteiger charge is 2.38. The topological polar surface area (TPSA) is 50.4 Å². The zero-order valence-corrected chi connectivity index (χ0v) is 14.5. The highest BCUT2D eigenvalue weighted by molar-refractivity contribution is 5.98. The van der Waals surface area contributed by atoms with Gasteiger partial charge in [-0.25, -0.2) is 0 Å². The van der Waals surface area contributed by atoms with Gasteiger partial charge in [0.15, 0.2) is 0 Å². The fourth-order valence-electron chi connectivity index (χ4n) is 2.71. The largest absolute Gasteiger partial charge is 0.374 e. The van der Waals surface area contributed by atoms with Gasteiger partial charge in [0.05, 0.1) is 18.2 Å². The third-order valence-electron chi connectivity index (χ3n) is 4.05. The molecule has 1 aromatic carbocycles. The molecule has 2 N–H and O–H groups in total. The van der Waals surface area contributed by atoms with E-state index in [1.165, 1.54) is 0 Å². The normalized spacial score (nSPS) is 20.7. The first-order valence-electron chi connectivity index (χ1n) is 7.83. The summed E-state index contributed by atoms with van der Waals surface area (Å²) < 4.78 is 5.60. The summed E-state index contributed by atoms with van der Waals surface area (Å²) in [5.41, 5.74) is 1.52. The molecule has 2 rings (SSSR count). The fourth-order valence-corrected chi connectivity index (χ4v) is 2.71. The molecule has 0 aliphatic carbocycles. The molecule has 0 bridgehead atoms. The maximum Gasteiger partial charge on any atom is 0.244 e. The van der Waals surface area contributed by atoms with Crippen molar-refractivity contribution in [2.24, 2.45) is 0 Å². The number of benzene rings is 1. The highest BCUT2D eigenvalue weighted by Crippen LogP contribution is 2.25. The van der Waals surface area contributed by atoms with E-state index in [4.69, 9.17) is 4.74 Å². The summed E-state index contributed by atoms with van der Waals surface area (Å²) in [6, 6.07) is 7.88. The second-order valence-electron chi connectivity index (χ2n) is 5.98. The minimum absolute atomic E-state index is 0. The Bertz CT molecular complexity index is 485. The number of nitrogens with one attached hydrogen (secondary N) is 2. The first kappa shape index (κ1) is 18.9. The van der Waals surface area contributed by atoms with Crippen LogP contribution in [0.15, 0.2) is 24.3 Å². The molecule has 1 heterocycles. The molecule has 0 spiro atoms. The van der Waals surface area contributed by atoms with Gasteiger partial charge in [0, 0.05) is 5.69 Å². The number of rotatable bonds is 6. The fraction of sp³-hybridized carbons (Fsp3) is 0.588. The van der Waals surface area contributed by atoms with Crippen molar-refractivity contribution in [1.29, 1.82) is 0 Å². The lowest BCUT2D eigenvalue weighted by molar-refractivity contribution is -0.122. The van der Waals surface area contributed by atoms with Crippen molar-refractivity contribution in [3.8, 4) is 0 Å². The minimum Gasteiger partial charge on any atom is -0.374 e. The Kier molecular flexibility index (Phi) is 7.33. The van der Waals surface area contributed by atoms with Crippen LogP contribution in [0.25, 0.3) is 0 Å². The maximum absolute atomic E-state index is 12.5. The molecule has 4 nitrogen and oxygen atoms in total. The molecule has 1 amide bonds. The van der Waals surface area contributed by atoms with E-state index in [0.29, 0.717) is 6.61 Å². The lowest BCUT2D eigenvalue weighted by Gasteiger charge is -2.26. The Morgan fingerprint density at radius 2 is 2.23 bits per heavy atom. The van der Waals surface area contributed by atoms with Gasteiger partial charge in [-0.1, -0.05) is 19.1 Å². The maximum atomic E-state index is 12.5. The average molecular weight is 327 g/mol. The van der Waals surface area contributed by atoms with Crippen LogP contribution < -0.4 is 10.6 Å². The molecule has 0 saturated carbocycles. The Morgan fingerprint density at radius 1 is 1.45 bits per heavy atom. The Morgan fingerprint density at radius 3 is 2.82 bits per heavy atom. The van der Waals surface area contributed by atoms with Gasteiger partial charge in [-0.05, 0) is 57.4 Å². The van der Waals surface area contributed by atoms with E-state index >= 15 is 0 Å². The summed E-state index contributed by atoms with van der Waals surface area (Å²) >= 11 is 0. The van der Waals surface area contributed by atoms with Gasteiger partial charge < -0.3 is 15.4 Å². The van der Waals surface area contributed by atoms with Crippen molar-refractivity contribution in [3.05, 3.63) is 29.8 Å². The predicted octanol–water partition coefficient (Wildman–Crippen LogP) is 3.50. The Balaban J connectivity index is 0.00000242. The quantitative estimate of drug-likeness (QED) is 0.841. The van der Waals surface area contributed by atoms with E-state index in [1.807, 2.05) is 38.1 Å². The predicted molar refractivity (Wildman–Crippen MR) is 92.5 cm³/mol. The summed E-state index contributed by atoms with van der Waals surface area (Å²) in [6.07, 6.45) is 2.98. The van der Waals surface area contributed by atoms with Crippen molar-refractivity contribution in [2.45, 2.75) is 58.3 Å². The van der Waals surface area contributed by atoms with Gasteiger partial charge >= 0.3 is 0 Å². The number of carbonyl (C=O) groups excluding carboxylic acids is 1. The van der Waals surface area contributed by atoms with Crippen LogP contribution in [0.1, 0.15) is 45.6 Å². The first-order valence-corrected chi connectivity index (χ1v) is 7.83. The van der Waals surface area contributed by atoms with Crippen molar-refractivity contribution in [1.82, 2.24) is 5.32 Å². The summed E-state index contributed by atoms with van der Waals surface area (Å²) in [5.74, 6) is 0.0735. The van der Waals surface area contributed by atoms with E-state index < -0.39 is 5.54 Å². The van der Waals surface area contributed by atoms with Gasteiger partial charge in [0.1, 0.15) is 0 Å². The van der Waals surface area contributed by atoms with Crippen LogP contribution >= 0.6 is 12.4 Å². The molecule has 1 saturated heterocycles. The second-order valence-corrected chi connectivity index (χ2v) is 5.98. The van der Waals surface area contributed by atoms with Crippen LogP contribution in [0.5, 0.6) is 0 Å². The minimum atomic E-state index is -0.398. The molecule has 5 heteroatoms. The number of halogens is 1. The second kappa shape index (κ2) is 8.51. The van der Waals surface area contributed by atoms with Crippen molar-refractivity contribution < 1.29 is 9.53 Å². The molecule has 0 aromatic heterocycles. The molecule has 1 aliphatic rings. The van der Waals surface area contributed by atoms with Gasteiger partial charge in [-0.15, -0.1) is 12.4 Å².